The number of anilines is 1. The molecule has 2 amide bonds. The number of hydrogen-bond acceptors (Lipinski definition) is 11. The summed E-state index contributed by atoms with van der Waals surface area (Å²) in [5, 5.41) is 8.69. The van der Waals surface area contributed by atoms with Gasteiger partial charge in [0.2, 0.25) is 21.8 Å². The van der Waals surface area contributed by atoms with E-state index in [2.05, 4.69) is 32.3 Å². The highest BCUT2D eigenvalue weighted by atomic mass is 35.5. The third-order valence-corrected chi connectivity index (χ3v) is 15.9. The van der Waals surface area contributed by atoms with Crippen molar-refractivity contribution in [2.24, 2.45) is 11.3 Å². The number of pyridine rings is 1. The summed E-state index contributed by atoms with van der Waals surface area (Å²) < 4.78 is 205. The van der Waals surface area contributed by atoms with Crippen LogP contribution in [0.15, 0.2) is 42.5 Å². The molecule has 0 bridgehead atoms. The summed E-state index contributed by atoms with van der Waals surface area (Å²) in [5.41, 5.74) is -9.08. The zero-order valence-electron chi connectivity index (χ0n) is 42.2. The summed E-state index contributed by atoms with van der Waals surface area (Å²) >= 11 is 6.72. The minimum absolute atomic E-state index is 0.0639. The van der Waals surface area contributed by atoms with Crippen LogP contribution in [0.1, 0.15) is 107 Å². The van der Waals surface area contributed by atoms with E-state index in [1.54, 1.807) is 0 Å². The van der Waals surface area contributed by atoms with Crippen LogP contribution in [-0.4, -0.2) is 88.2 Å². The Morgan fingerprint density at radius 2 is 1.51 bits per heavy atom. The zero-order valence-corrected chi connectivity index (χ0v) is 44.6. The van der Waals surface area contributed by atoms with E-state index in [0.29, 0.717) is 12.3 Å². The van der Waals surface area contributed by atoms with Crippen molar-refractivity contribution in [3.8, 4) is 23.0 Å². The molecule has 0 unspecified atom stereocenters. The van der Waals surface area contributed by atoms with Crippen molar-refractivity contribution in [1.82, 2.24) is 29.9 Å². The van der Waals surface area contributed by atoms with E-state index in [4.69, 9.17) is 16.3 Å². The standard InChI is InChI=1S/C49H48ClF10N7O8S2/c1-44(2,3)75-35(69)21-45(4,5)43(70)67(77(9,73)74)42-37-32(50)13-12-29(39(37)66(64-42)23-47(53,54)55)28-11-10-27(14-15-46(6,7)76(8,71)72)61-38(28)33(18-24-16-25(51)19-26(52)17-24)62-34(68)22-65-41-36(40(63-65)49(58,59)60)30-20-31(30)48(41,56)57/h10-13,16-17,19,30-31,33H,18,20-23H2,1-9H3,(H,62,68)/t30-,31+,33-/m0/s1. The number of fused-ring (bicyclic) bond motifs is 4. The predicted molar refractivity (Wildman–Crippen MR) is 259 cm³/mol. The summed E-state index contributed by atoms with van der Waals surface area (Å²) in [6, 6.07) is 4.70. The molecule has 1 saturated carbocycles. The summed E-state index contributed by atoms with van der Waals surface area (Å²) in [6.07, 6.45) is -10.8. The number of sulfonamides is 1. The molecule has 0 aliphatic heterocycles. The Hall–Kier alpha value is -6.27. The molecule has 1 fully saturated rings. The molecule has 77 heavy (non-hydrogen) atoms. The number of sulfone groups is 1. The largest absolute Gasteiger partial charge is 0.460 e. The molecule has 7 rings (SSSR count). The van der Waals surface area contributed by atoms with Crippen molar-refractivity contribution in [3.63, 3.8) is 0 Å². The fraction of sp³-hybridized carbons (Fsp3) is 0.469. The van der Waals surface area contributed by atoms with Gasteiger partial charge in [-0.25, -0.2) is 30.6 Å². The summed E-state index contributed by atoms with van der Waals surface area (Å²) in [6.45, 7) is 6.04. The number of hydrogen-bond donors (Lipinski definition) is 1. The first-order valence-corrected chi connectivity index (χ1v) is 27.2. The molecule has 416 valence electrons. The van der Waals surface area contributed by atoms with Crippen LogP contribution in [-0.2, 0) is 70.6 Å². The lowest BCUT2D eigenvalue weighted by Gasteiger charge is -2.30. The Bertz CT molecular complexity index is 3540. The molecule has 28 heteroatoms. The number of rotatable bonds is 14. The van der Waals surface area contributed by atoms with Crippen molar-refractivity contribution in [2.45, 2.75) is 121 Å². The van der Waals surface area contributed by atoms with Crippen LogP contribution < -0.4 is 9.62 Å². The minimum atomic E-state index is -5.24. The fourth-order valence-electron chi connectivity index (χ4n) is 8.89. The van der Waals surface area contributed by atoms with Crippen LogP contribution in [0, 0.1) is 34.8 Å². The van der Waals surface area contributed by atoms with Crippen molar-refractivity contribution in [1.29, 1.82) is 0 Å². The number of ether oxygens (including phenoxy) is 1. The van der Waals surface area contributed by atoms with Gasteiger partial charge in [-0.15, -0.1) is 0 Å². The summed E-state index contributed by atoms with van der Waals surface area (Å²) in [4.78, 5) is 46.3. The maximum atomic E-state index is 15.7. The number of aromatic nitrogens is 5. The van der Waals surface area contributed by atoms with E-state index in [9.17, 15) is 66.3 Å². The number of esters is 1. The van der Waals surface area contributed by atoms with Gasteiger partial charge in [-0.2, -0.15) is 49.6 Å². The van der Waals surface area contributed by atoms with Gasteiger partial charge in [0.15, 0.2) is 21.3 Å². The number of nitrogens with zero attached hydrogens (tertiary/aromatic N) is 6. The van der Waals surface area contributed by atoms with Gasteiger partial charge >= 0.3 is 18.3 Å². The second-order valence-corrected chi connectivity index (χ2v) is 25.8. The van der Waals surface area contributed by atoms with Gasteiger partial charge in [0.1, 0.15) is 46.5 Å². The summed E-state index contributed by atoms with van der Waals surface area (Å²) in [5.74, 6) is -8.45. The Morgan fingerprint density at radius 1 is 0.896 bits per heavy atom. The third kappa shape index (κ3) is 12.2. The van der Waals surface area contributed by atoms with Crippen LogP contribution in [0.25, 0.3) is 22.0 Å². The van der Waals surface area contributed by atoms with Gasteiger partial charge in [0, 0.05) is 34.9 Å². The number of benzene rings is 2. The fourth-order valence-corrected chi connectivity index (χ4v) is 10.4. The van der Waals surface area contributed by atoms with E-state index < -0.39 is 172 Å². The first-order chi connectivity index (χ1) is 35.0. The Morgan fingerprint density at radius 3 is 2.06 bits per heavy atom. The number of alkyl halides is 8. The van der Waals surface area contributed by atoms with Gasteiger partial charge in [0.05, 0.1) is 45.8 Å². The molecule has 15 nitrogen and oxygen atoms in total. The molecule has 0 spiro atoms. The second-order valence-electron chi connectivity index (χ2n) is 21.0. The average molecular weight is 1150 g/mol. The molecule has 5 aromatic rings. The van der Waals surface area contributed by atoms with Crippen LogP contribution >= 0.6 is 11.6 Å². The zero-order chi connectivity index (χ0) is 57.7. The first-order valence-electron chi connectivity index (χ1n) is 23.1. The number of halogens is 11. The van der Waals surface area contributed by atoms with Gasteiger partial charge in [-0.05, 0) is 95.2 Å². The SMILES string of the molecule is CC(C)(C)OC(=O)CC(C)(C)C(=O)N(c1nn(CC(F)(F)F)c2c(-c3ccc(C#CC(C)(C)S(C)(=O)=O)nc3[C@H](Cc3cc(F)cc(F)c3)NC(=O)Cn3nc(C(F)(F)F)c4c3C(F)(F)[C@@H]3C[C@H]43)ccc(Cl)c12)S(C)(=O)=O. The van der Waals surface area contributed by atoms with Crippen molar-refractivity contribution in [3.05, 3.63) is 93.0 Å². The number of carbonyl (C=O) groups excluding carboxylic acids is 3. The molecule has 2 aromatic carbocycles. The van der Waals surface area contributed by atoms with Crippen LogP contribution in [0.4, 0.5) is 49.7 Å². The van der Waals surface area contributed by atoms with E-state index in [-0.39, 0.29) is 42.5 Å². The maximum Gasteiger partial charge on any atom is 0.435 e. The molecular weight excluding hydrogens is 1100 g/mol. The second kappa shape index (κ2) is 19.6. The van der Waals surface area contributed by atoms with E-state index in [0.717, 1.165) is 42.7 Å². The first kappa shape index (κ1) is 58.4. The van der Waals surface area contributed by atoms with E-state index in [1.807, 2.05) is 0 Å². The Balaban J connectivity index is 1.49. The molecule has 0 radical (unpaired) electrons. The highest BCUT2D eigenvalue weighted by Gasteiger charge is 2.68. The van der Waals surface area contributed by atoms with E-state index in [1.165, 1.54) is 48.5 Å². The highest BCUT2D eigenvalue weighted by molar-refractivity contribution is 7.93. The van der Waals surface area contributed by atoms with Crippen LogP contribution in [0.3, 0.4) is 0 Å². The van der Waals surface area contributed by atoms with Gasteiger partial charge in [-0.1, -0.05) is 37.4 Å². The average Bonchev–Trinajstić information content (AvgIpc) is 3.76. The molecule has 3 aromatic heterocycles. The van der Waals surface area contributed by atoms with Crippen LogP contribution in [0.2, 0.25) is 5.02 Å². The Kier molecular flexibility index (Phi) is 14.8. The quantitative estimate of drug-likeness (QED) is 0.0633. The topological polar surface area (TPSA) is 193 Å². The normalized spacial score (nSPS) is 17.0. The lowest BCUT2D eigenvalue weighted by Crippen LogP contribution is -2.46. The highest BCUT2D eigenvalue weighted by Crippen LogP contribution is 2.68. The van der Waals surface area contributed by atoms with Crippen molar-refractivity contribution < 1.29 is 79.9 Å². The lowest BCUT2D eigenvalue weighted by atomic mass is 9.88. The van der Waals surface area contributed by atoms with Crippen LogP contribution in [0.5, 0.6) is 0 Å². The lowest BCUT2D eigenvalue weighted by molar-refractivity contribution is -0.159. The van der Waals surface area contributed by atoms with Crippen molar-refractivity contribution >= 4 is 66.0 Å². The molecule has 0 saturated heterocycles. The van der Waals surface area contributed by atoms with Crippen molar-refractivity contribution in [2.75, 3.05) is 16.8 Å². The smallest absolute Gasteiger partial charge is 0.435 e. The van der Waals surface area contributed by atoms with Gasteiger partial charge < -0.3 is 10.1 Å². The molecule has 2 aliphatic rings. The third-order valence-electron chi connectivity index (χ3n) is 12.6. The molecular formula is C49H48ClF10N7O8S2. The summed E-state index contributed by atoms with van der Waals surface area (Å²) in [7, 11) is -8.85. The molecule has 2 aliphatic carbocycles. The monoisotopic (exact) mass is 1150 g/mol. The maximum absolute atomic E-state index is 15.7. The molecule has 1 N–H and O–H groups in total. The number of amides is 2. The number of nitrogens with one attached hydrogen (secondary N) is 1. The van der Waals surface area contributed by atoms with Gasteiger partial charge in [-0.3, -0.25) is 23.7 Å². The molecule has 3 heterocycles. The van der Waals surface area contributed by atoms with Gasteiger partial charge in [0.25, 0.3) is 5.92 Å². The minimum Gasteiger partial charge on any atom is -0.460 e. The van der Waals surface area contributed by atoms with E-state index >= 15 is 8.78 Å². The Labute approximate surface area is 439 Å². The molecule has 3 atom stereocenters. The number of carbonyl (C=O) groups is 3. The predicted octanol–water partition coefficient (Wildman–Crippen LogP) is 9.34.